The molecule has 25 heavy (non-hydrogen) atoms. The van der Waals surface area contributed by atoms with Crippen molar-refractivity contribution in [2.75, 3.05) is 0 Å². The van der Waals surface area contributed by atoms with Gasteiger partial charge in [-0.1, -0.05) is 0 Å². The van der Waals surface area contributed by atoms with Crippen LogP contribution in [0.5, 0.6) is 0 Å². The predicted molar refractivity (Wildman–Crippen MR) is 53.3 cm³/mol. The highest BCUT2D eigenvalue weighted by Crippen LogP contribution is 2.61. The maximum Gasteiger partial charge on any atom is 0.460 e. The molecule has 0 radical (unpaired) electrons. The summed E-state index contributed by atoms with van der Waals surface area (Å²) in [4.78, 5) is 0. The first kappa shape index (κ1) is 24.6. The van der Waals surface area contributed by atoms with E-state index in [9.17, 15) is 65.5 Å². The second-order valence-electron chi connectivity index (χ2n) is 3.99. The quantitative estimate of drug-likeness (QED) is 0.422. The fourth-order valence-corrected chi connectivity index (χ4v) is 2.15. The number of rotatable bonds is 6. The van der Waals surface area contributed by atoms with Crippen LogP contribution < -0.4 is 0 Å². The first-order valence-corrected chi connectivity index (χ1v) is 6.88. The van der Waals surface area contributed by atoms with Crippen molar-refractivity contribution < 1.29 is 65.5 Å². The van der Waals surface area contributed by atoms with Crippen LogP contribution in [0.3, 0.4) is 0 Å². The van der Waals surface area contributed by atoms with Crippen LogP contribution >= 0.6 is 23.6 Å². The van der Waals surface area contributed by atoms with Crippen LogP contribution in [0.1, 0.15) is 0 Å². The van der Waals surface area contributed by atoms with Crippen LogP contribution in [0, 0.1) is 0 Å². The molecule has 0 spiro atoms. The Morgan fingerprint density at radius 2 is 0.840 bits per heavy atom. The van der Waals surface area contributed by atoms with E-state index in [0.717, 1.165) is 0 Å². The molecule has 0 saturated carbocycles. The Labute approximate surface area is 138 Å². The van der Waals surface area contributed by atoms with E-state index in [4.69, 9.17) is 0 Å². The summed E-state index contributed by atoms with van der Waals surface area (Å²) in [6.07, 6.45) is -7.60. The molecule has 152 valence electrons. The molecule has 0 unspecified atom stereocenters. The molecule has 0 aliphatic heterocycles. The van der Waals surface area contributed by atoms with Gasteiger partial charge in [-0.15, -0.1) is 0 Å². The van der Waals surface area contributed by atoms with E-state index in [1.807, 2.05) is 0 Å². The van der Waals surface area contributed by atoms with Crippen LogP contribution in [-0.4, -0.2) is 46.9 Å². The lowest BCUT2D eigenvalue weighted by Gasteiger charge is -2.39. The molecule has 0 aromatic rings. The molecule has 19 heteroatoms. The molecule has 0 saturated heterocycles. The lowest BCUT2D eigenvalue weighted by Crippen LogP contribution is -2.71. The van der Waals surface area contributed by atoms with Gasteiger partial charge < -0.3 is 0 Å². The summed E-state index contributed by atoms with van der Waals surface area (Å²) in [5.74, 6) is -32.5. The van der Waals surface area contributed by atoms with Crippen molar-refractivity contribution in [3.05, 3.63) is 0 Å². The first-order chi connectivity index (χ1) is 10.4. The van der Waals surface area contributed by atoms with Crippen LogP contribution in [-0.2, 0) is 10.0 Å². The molecule has 0 bridgehead atoms. The first-order valence-electron chi connectivity index (χ1n) is 4.76. The van der Waals surface area contributed by atoms with Crippen LogP contribution in [0.25, 0.3) is 0 Å². The molecular weight excluding hydrogens is 468 g/mol. The molecule has 0 N–H and O–H groups in total. The summed E-state index contributed by atoms with van der Waals surface area (Å²) < 4.78 is 183. The van der Waals surface area contributed by atoms with Crippen LogP contribution in [0.4, 0.5) is 57.1 Å². The van der Waals surface area contributed by atoms with Crippen molar-refractivity contribution >= 4 is 33.6 Å². The zero-order valence-corrected chi connectivity index (χ0v) is 12.7. The monoisotopic (exact) mass is 467 g/mol. The second-order valence-corrected chi connectivity index (χ2v) is 7.07. The Balaban J connectivity index is 6.60. The van der Waals surface area contributed by atoms with Crippen molar-refractivity contribution in [2.24, 2.45) is 0 Å². The van der Waals surface area contributed by atoms with Crippen molar-refractivity contribution in [1.29, 1.82) is 0 Å². The zero-order valence-electron chi connectivity index (χ0n) is 10.3. The van der Waals surface area contributed by atoms with E-state index in [-0.39, 0.29) is 0 Å². The molecule has 0 rings (SSSR count). The van der Waals surface area contributed by atoms with Crippen molar-refractivity contribution in [1.82, 2.24) is 3.34 Å². The highest BCUT2D eigenvalue weighted by molar-refractivity contribution is 7.92. The molecule has 3 nitrogen and oxygen atoms in total. The smallest absolute Gasteiger partial charge is 0.203 e. The molecule has 0 atom stereocenters. The molecular formula is C6Cl2F13NO2S. The lowest BCUT2D eigenvalue weighted by atomic mass is 9.98. The van der Waals surface area contributed by atoms with Gasteiger partial charge in [0.25, 0.3) is 0 Å². The van der Waals surface area contributed by atoms with E-state index < -0.39 is 48.5 Å². The average Bonchev–Trinajstić information content (AvgIpc) is 2.35. The summed E-state index contributed by atoms with van der Waals surface area (Å²) in [7, 11) is -7.32. The summed E-state index contributed by atoms with van der Waals surface area (Å²) in [5.41, 5.74) is 0. The molecule has 0 fully saturated rings. The predicted octanol–water partition coefficient (Wildman–Crippen LogP) is 4.62. The minimum atomic E-state index is -8.25. The third kappa shape index (κ3) is 3.09. The summed E-state index contributed by atoms with van der Waals surface area (Å²) in [6.45, 7) is 0. The molecule has 0 aromatic heterocycles. The van der Waals surface area contributed by atoms with Gasteiger partial charge in [-0.05, 0) is 3.34 Å². The SMILES string of the molecule is O=S(=O)(N(Cl)Cl)C(F)(F)C(F)(F)C(F)(F)C(F)(F)C(F)(F)C(F)(F)F. The number of sulfonamides is 1. The minimum Gasteiger partial charge on any atom is -0.203 e. The molecule has 0 aliphatic carbocycles. The van der Waals surface area contributed by atoms with Crippen molar-refractivity contribution in [2.45, 2.75) is 35.1 Å². The third-order valence-electron chi connectivity index (χ3n) is 2.41. The molecule has 0 aromatic carbocycles. The van der Waals surface area contributed by atoms with Gasteiger partial charge in [0.2, 0.25) is 0 Å². The van der Waals surface area contributed by atoms with Gasteiger partial charge in [-0.3, -0.25) is 0 Å². The lowest BCUT2D eigenvalue weighted by molar-refractivity contribution is -0.433. The Bertz CT molecular complexity index is 612. The summed E-state index contributed by atoms with van der Waals surface area (Å²) in [5, 5.41) is -7.43. The van der Waals surface area contributed by atoms with Gasteiger partial charge in [-0.25, -0.2) is 8.42 Å². The Hall–Kier alpha value is -0.420. The van der Waals surface area contributed by atoms with E-state index in [1.54, 1.807) is 0 Å². The zero-order chi connectivity index (χ0) is 21.1. The molecule has 0 heterocycles. The van der Waals surface area contributed by atoms with Gasteiger partial charge >= 0.3 is 45.1 Å². The third-order valence-corrected chi connectivity index (χ3v) is 4.77. The highest BCUT2D eigenvalue weighted by atomic mass is 35.5. The fourth-order valence-electron chi connectivity index (χ4n) is 1.00. The van der Waals surface area contributed by atoms with E-state index in [2.05, 4.69) is 23.6 Å². The summed E-state index contributed by atoms with van der Waals surface area (Å²) >= 11 is 8.25. The van der Waals surface area contributed by atoms with Gasteiger partial charge in [0.15, 0.2) is 0 Å². The highest BCUT2D eigenvalue weighted by Gasteiger charge is 2.92. The molecule has 0 amide bonds. The van der Waals surface area contributed by atoms with Crippen LogP contribution in [0.15, 0.2) is 0 Å². The van der Waals surface area contributed by atoms with Crippen LogP contribution in [0.2, 0.25) is 0 Å². The topological polar surface area (TPSA) is 37.4 Å². The number of hydrogen-bond acceptors (Lipinski definition) is 2. The standard InChI is InChI=1S/C6Cl2F13NO2S/c7-22(8)25(23,24)6(20,21)4(15,16)2(11,12)1(9,10)3(13,14)5(17,18)19. The number of hydrogen-bond donors (Lipinski definition) is 0. The average molecular weight is 468 g/mol. The van der Waals surface area contributed by atoms with Crippen molar-refractivity contribution in [3.63, 3.8) is 0 Å². The summed E-state index contributed by atoms with van der Waals surface area (Å²) in [6, 6.07) is 0. The Kier molecular flexibility index (Phi) is 5.95. The van der Waals surface area contributed by atoms with E-state index >= 15 is 0 Å². The number of nitrogens with zero attached hydrogens (tertiary/aromatic N) is 1. The van der Waals surface area contributed by atoms with E-state index in [0.29, 0.717) is 0 Å². The maximum absolute atomic E-state index is 13.1. The normalized spacial score (nSPS) is 16.5. The van der Waals surface area contributed by atoms with E-state index in [1.165, 1.54) is 0 Å². The minimum absolute atomic E-state index is 1.91. The largest absolute Gasteiger partial charge is 0.460 e. The maximum atomic E-state index is 13.1. The Morgan fingerprint density at radius 3 is 1.08 bits per heavy atom. The molecule has 0 aliphatic rings. The van der Waals surface area contributed by atoms with Gasteiger partial charge in [0.05, 0.1) is 0 Å². The van der Waals surface area contributed by atoms with Gasteiger partial charge in [-0.2, -0.15) is 57.1 Å². The Morgan fingerprint density at radius 1 is 0.560 bits per heavy atom. The van der Waals surface area contributed by atoms with Gasteiger partial charge in [0.1, 0.15) is 0 Å². The van der Waals surface area contributed by atoms with Crippen molar-refractivity contribution in [3.8, 4) is 0 Å². The number of halogens is 15. The fraction of sp³-hybridized carbons (Fsp3) is 1.00. The second kappa shape index (κ2) is 6.05. The number of alkyl halides is 13. The van der Waals surface area contributed by atoms with Gasteiger partial charge in [0, 0.05) is 23.6 Å².